The fraction of sp³-hybridized carbons (Fsp3) is 0.983. The molecule has 1 fully saturated rings. The van der Waals surface area contributed by atoms with E-state index in [1.807, 2.05) is 0 Å². The highest BCUT2D eigenvalue weighted by Gasteiger charge is 2.44. The van der Waals surface area contributed by atoms with E-state index >= 15 is 0 Å². The summed E-state index contributed by atoms with van der Waals surface area (Å²) in [5.41, 5.74) is 0. The molecule has 1 rings (SSSR count). The monoisotopic (exact) mass is 954 g/mol. The normalized spacial score (nSPS) is 19.5. The van der Waals surface area contributed by atoms with Crippen LogP contribution in [0.3, 0.4) is 0 Å². The molecule has 0 bridgehead atoms. The number of rotatable bonds is 52. The van der Waals surface area contributed by atoms with Gasteiger partial charge in [0, 0.05) is 6.42 Å². The fourth-order valence-corrected chi connectivity index (χ4v) is 9.99. The lowest BCUT2D eigenvalue weighted by molar-refractivity contribution is -0.302. The van der Waals surface area contributed by atoms with Crippen LogP contribution in [0.1, 0.15) is 309 Å². The number of hydrogen-bond acceptors (Lipinski definition) is 8. The van der Waals surface area contributed by atoms with E-state index in [0.29, 0.717) is 12.8 Å². The summed E-state index contributed by atoms with van der Waals surface area (Å²) in [6.07, 6.45) is 51.4. The van der Waals surface area contributed by atoms with Crippen molar-refractivity contribution in [1.29, 1.82) is 0 Å². The van der Waals surface area contributed by atoms with Gasteiger partial charge in [0.1, 0.15) is 24.4 Å². The number of nitrogens with one attached hydrogen (secondary N) is 1. The van der Waals surface area contributed by atoms with E-state index in [4.69, 9.17) is 9.47 Å². The summed E-state index contributed by atoms with van der Waals surface area (Å²) >= 11 is 0. The molecule has 0 aromatic carbocycles. The van der Waals surface area contributed by atoms with E-state index in [2.05, 4.69) is 19.2 Å². The van der Waals surface area contributed by atoms with Crippen LogP contribution in [-0.2, 0) is 14.3 Å². The zero-order valence-corrected chi connectivity index (χ0v) is 44.4. The Hall–Kier alpha value is -0.810. The molecule has 1 amide bonds. The Bertz CT molecular complexity index is 1020. The Kier molecular flexibility index (Phi) is 46.8. The molecule has 7 atom stereocenters. The Morgan fingerprint density at radius 2 is 0.746 bits per heavy atom. The predicted octanol–water partition coefficient (Wildman–Crippen LogP) is 14.6. The molecular weight excluding hydrogens is 839 g/mol. The molecule has 9 heteroatoms. The number of aliphatic hydroxyl groups excluding tert-OH is 5. The van der Waals surface area contributed by atoms with E-state index in [0.717, 1.165) is 38.5 Å². The van der Waals surface area contributed by atoms with Gasteiger partial charge >= 0.3 is 0 Å². The van der Waals surface area contributed by atoms with Gasteiger partial charge in [-0.25, -0.2) is 0 Å². The van der Waals surface area contributed by atoms with Gasteiger partial charge in [0.2, 0.25) is 5.91 Å². The minimum Gasteiger partial charge on any atom is -0.394 e. The largest absolute Gasteiger partial charge is 0.394 e. The Morgan fingerprint density at radius 1 is 0.448 bits per heavy atom. The third-order valence-electron chi connectivity index (χ3n) is 14.7. The number of unbranched alkanes of at least 4 members (excludes halogenated alkanes) is 42. The van der Waals surface area contributed by atoms with Crippen LogP contribution in [0.25, 0.3) is 0 Å². The van der Waals surface area contributed by atoms with Crippen LogP contribution in [0.5, 0.6) is 0 Å². The van der Waals surface area contributed by atoms with Crippen molar-refractivity contribution in [2.75, 3.05) is 13.2 Å². The predicted molar refractivity (Wildman–Crippen MR) is 281 cm³/mol. The summed E-state index contributed by atoms with van der Waals surface area (Å²) in [6, 6.07) is -0.713. The minimum atomic E-state index is -1.55. The van der Waals surface area contributed by atoms with Gasteiger partial charge in [0.05, 0.1) is 25.4 Å². The molecule has 0 saturated carbocycles. The third-order valence-corrected chi connectivity index (χ3v) is 14.7. The maximum absolute atomic E-state index is 13.1. The molecule has 1 aliphatic rings. The van der Waals surface area contributed by atoms with Gasteiger partial charge in [-0.2, -0.15) is 0 Å². The van der Waals surface area contributed by atoms with Gasteiger partial charge in [0.25, 0.3) is 0 Å². The van der Waals surface area contributed by atoms with E-state index in [1.165, 1.54) is 244 Å². The van der Waals surface area contributed by atoms with Crippen molar-refractivity contribution in [1.82, 2.24) is 5.32 Å². The number of amides is 1. The number of carbonyl (C=O) groups is 1. The lowest BCUT2D eigenvalue weighted by Gasteiger charge is -2.40. The molecule has 1 aliphatic heterocycles. The van der Waals surface area contributed by atoms with E-state index in [9.17, 15) is 30.3 Å². The minimum absolute atomic E-state index is 0.131. The summed E-state index contributed by atoms with van der Waals surface area (Å²) in [4.78, 5) is 13.1. The highest BCUT2D eigenvalue weighted by molar-refractivity contribution is 5.76. The lowest BCUT2D eigenvalue weighted by atomic mass is 9.99. The van der Waals surface area contributed by atoms with Crippen molar-refractivity contribution in [3.63, 3.8) is 0 Å². The second-order valence-corrected chi connectivity index (χ2v) is 21.2. The first-order valence-electron chi connectivity index (χ1n) is 29.7. The molecule has 67 heavy (non-hydrogen) atoms. The second-order valence-electron chi connectivity index (χ2n) is 21.2. The molecule has 0 aromatic heterocycles. The van der Waals surface area contributed by atoms with Crippen molar-refractivity contribution in [2.45, 2.75) is 352 Å². The van der Waals surface area contributed by atoms with Gasteiger partial charge in [-0.3, -0.25) is 4.79 Å². The van der Waals surface area contributed by atoms with Crippen molar-refractivity contribution in [3.8, 4) is 0 Å². The van der Waals surface area contributed by atoms with Crippen LogP contribution in [0, 0.1) is 0 Å². The number of carbonyl (C=O) groups excluding carboxylic acids is 1. The Balaban J connectivity index is 2.15. The third kappa shape index (κ3) is 38.5. The molecule has 1 heterocycles. The topological polar surface area (TPSA) is 149 Å². The Labute approximate surface area is 414 Å². The van der Waals surface area contributed by atoms with Crippen LogP contribution >= 0.6 is 0 Å². The van der Waals surface area contributed by atoms with Crippen LogP contribution < -0.4 is 5.32 Å². The molecule has 0 radical (unpaired) electrons. The van der Waals surface area contributed by atoms with E-state index in [-0.39, 0.29) is 12.5 Å². The molecule has 0 spiro atoms. The molecule has 6 N–H and O–H groups in total. The lowest BCUT2D eigenvalue weighted by Crippen LogP contribution is -2.60. The molecule has 400 valence electrons. The molecule has 0 aliphatic carbocycles. The average Bonchev–Trinajstić information content (AvgIpc) is 3.33. The average molecular weight is 955 g/mol. The first-order chi connectivity index (χ1) is 32.8. The first-order valence-corrected chi connectivity index (χ1v) is 29.7. The molecule has 2 unspecified atom stereocenters. The second kappa shape index (κ2) is 48.8. The van der Waals surface area contributed by atoms with Crippen LogP contribution in [0.15, 0.2) is 0 Å². The van der Waals surface area contributed by atoms with E-state index in [1.54, 1.807) is 0 Å². The van der Waals surface area contributed by atoms with Crippen LogP contribution in [0.2, 0.25) is 0 Å². The van der Waals surface area contributed by atoms with Gasteiger partial charge in [0.15, 0.2) is 6.29 Å². The zero-order chi connectivity index (χ0) is 48.7. The van der Waals surface area contributed by atoms with Crippen LogP contribution in [0.4, 0.5) is 0 Å². The number of hydrogen-bond donors (Lipinski definition) is 6. The van der Waals surface area contributed by atoms with Crippen molar-refractivity contribution >= 4 is 5.91 Å². The van der Waals surface area contributed by atoms with Gasteiger partial charge in [-0.15, -0.1) is 0 Å². The summed E-state index contributed by atoms with van der Waals surface area (Å²) < 4.78 is 11.3. The maximum Gasteiger partial charge on any atom is 0.220 e. The van der Waals surface area contributed by atoms with Crippen LogP contribution in [-0.4, -0.2) is 87.5 Å². The van der Waals surface area contributed by atoms with E-state index < -0.39 is 49.5 Å². The summed E-state index contributed by atoms with van der Waals surface area (Å²) in [5, 5.41) is 54.7. The fourth-order valence-electron chi connectivity index (χ4n) is 9.99. The molecule has 1 saturated heterocycles. The first kappa shape index (κ1) is 64.2. The number of ether oxygens (including phenoxy) is 2. The molecule has 0 aromatic rings. The highest BCUT2D eigenvalue weighted by atomic mass is 16.7. The smallest absolute Gasteiger partial charge is 0.220 e. The quantitative estimate of drug-likeness (QED) is 0.0330. The Morgan fingerprint density at radius 3 is 1.06 bits per heavy atom. The van der Waals surface area contributed by atoms with Crippen molar-refractivity contribution in [2.24, 2.45) is 0 Å². The number of aliphatic hydroxyl groups is 5. The molecular formula is C58H115NO8. The summed E-state index contributed by atoms with van der Waals surface area (Å²) in [6.45, 7) is 3.89. The maximum atomic E-state index is 13.1. The van der Waals surface area contributed by atoms with Gasteiger partial charge < -0.3 is 40.3 Å². The summed E-state index contributed by atoms with van der Waals surface area (Å²) in [7, 11) is 0. The van der Waals surface area contributed by atoms with Gasteiger partial charge in [-0.1, -0.05) is 290 Å². The standard InChI is InChI=1S/C58H115NO8/c1-3-5-7-9-11-13-15-17-19-21-22-23-24-25-26-27-28-29-30-32-34-36-38-40-42-44-46-48-54(62)59-51(50-66-58-57(65)56(64)55(63)53(49-60)67-58)52(61)47-45-43-41-39-37-35-33-31-20-18-16-14-12-10-8-6-4-2/h51-53,55-58,60-61,63-65H,3-50H2,1-2H3,(H,59,62)/t51-,52+,53+,55+,56?,57?,58+/m0/s1. The van der Waals surface area contributed by atoms with Gasteiger partial charge in [-0.05, 0) is 12.8 Å². The van der Waals surface area contributed by atoms with Crippen molar-refractivity contribution in [3.05, 3.63) is 0 Å². The molecule has 9 nitrogen and oxygen atoms in total. The SMILES string of the molecule is CCCCCCCCCCCCCCCCCCCCCCCCCCCCCC(=O)N[C@@H](CO[C@@H]1O[C@H](CO)[C@@H](O)C(O)C1O)[C@H](O)CCCCCCCCCCCCCCCCCCC. The van der Waals surface area contributed by atoms with Crippen molar-refractivity contribution < 1.29 is 39.8 Å². The summed E-state index contributed by atoms with van der Waals surface area (Å²) in [5.74, 6) is -0.136. The highest BCUT2D eigenvalue weighted by Crippen LogP contribution is 2.23. The zero-order valence-electron chi connectivity index (χ0n) is 44.4.